The zero-order valence-corrected chi connectivity index (χ0v) is 20.8. The summed E-state index contributed by atoms with van der Waals surface area (Å²) >= 11 is 11.8. The largest absolute Gasteiger partial charge is 0.484 e. The first-order valence-electron chi connectivity index (χ1n) is 11.9. The topological polar surface area (TPSA) is 76.7 Å². The van der Waals surface area contributed by atoms with Crippen LogP contribution < -0.4 is 20.1 Å². The van der Waals surface area contributed by atoms with Crippen molar-refractivity contribution in [3.8, 4) is 11.5 Å². The van der Waals surface area contributed by atoms with Crippen LogP contribution in [0.15, 0.2) is 36.4 Å². The molecule has 0 spiro atoms. The van der Waals surface area contributed by atoms with Crippen LogP contribution in [-0.4, -0.2) is 36.1 Å². The molecular formula is C26H27Cl2FN2O4. The highest BCUT2D eigenvalue weighted by Gasteiger charge is 2.49. The third kappa shape index (κ3) is 5.07. The Morgan fingerprint density at radius 3 is 2.57 bits per heavy atom. The van der Waals surface area contributed by atoms with E-state index in [-0.39, 0.29) is 41.3 Å². The van der Waals surface area contributed by atoms with Gasteiger partial charge in [0.05, 0.1) is 5.02 Å². The fourth-order valence-corrected chi connectivity index (χ4v) is 5.64. The summed E-state index contributed by atoms with van der Waals surface area (Å²) in [5.41, 5.74) is 0.0515. The molecule has 2 amide bonds. The molecule has 186 valence electrons. The molecule has 0 radical (unpaired) electrons. The fraction of sp³-hybridized carbons (Fsp3) is 0.462. The Morgan fingerprint density at radius 1 is 1.09 bits per heavy atom. The molecule has 1 aliphatic heterocycles. The van der Waals surface area contributed by atoms with Gasteiger partial charge in [-0.05, 0) is 80.3 Å². The van der Waals surface area contributed by atoms with E-state index in [0.29, 0.717) is 41.9 Å². The summed E-state index contributed by atoms with van der Waals surface area (Å²) in [6.07, 6.45) is 3.85. The van der Waals surface area contributed by atoms with Gasteiger partial charge in [0.1, 0.15) is 17.3 Å². The molecule has 2 N–H and O–H groups in total. The lowest BCUT2D eigenvalue weighted by molar-refractivity contribution is -0.139. The molecule has 3 atom stereocenters. The predicted octanol–water partition coefficient (Wildman–Crippen LogP) is 4.69. The number of benzene rings is 2. The number of carbonyl (C=O) groups excluding carboxylic acids is 2. The second kappa shape index (κ2) is 9.51. The van der Waals surface area contributed by atoms with Crippen molar-refractivity contribution in [2.24, 2.45) is 11.8 Å². The average Bonchev–Trinajstić information content (AvgIpc) is 2.79. The predicted molar refractivity (Wildman–Crippen MR) is 130 cm³/mol. The lowest BCUT2D eigenvalue weighted by atomic mass is 9.60. The van der Waals surface area contributed by atoms with E-state index in [2.05, 4.69) is 10.6 Å². The number of rotatable bonds is 6. The Morgan fingerprint density at radius 2 is 1.83 bits per heavy atom. The van der Waals surface area contributed by atoms with Crippen LogP contribution in [0.4, 0.5) is 4.39 Å². The van der Waals surface area contributed by atoms with E-state index in [1.807, 2.05) is 19.1 Å². The van der Waals surface area contributed by atoms with Crippen molar-refractivity contribution >= 4 is 35.0 Å². The molecule has 6 nitrogen and oxygen atoms in total. The van der Waals surface area contributed by atoms with Gasteiger partial charge in [0, 0.05) is 29.6 Å². The molecular weight excluding hydrogens is 494 g/mol. The Kier molecular flexibility index (Phi) is 6.57. The van der Waals surface area contributed by atoms with Crippen molar-refractivity contribution in [3.63, 3.8) is 0 Å². The van der Waals surface area contributed by atoms with Gasteiger partial charge in [-0.3, -0.25) is 9.59 Å². The number of hydrogen-bond acceptors (Lipinski definition) is 4. The van der Waals surface area contributed by atoms with Gasteiger partial charge < -0.3 is 20.1 Å². The molecule has 2 unspecified atom stereocenters. The Hall–Kier alpha value is -2.51. The van der Waals surface area contributed by atoms with Gasteiger partial charge in [0.2, 0.25) is 0 Å². The molecule has 0 saturated heterocycles. The number of aryl methyl sites for hydroxylation is 1. The van der Waals surface area contributed by atoms with Crippen LogP contribution in [0, 0.1) is 17.7 Å². The van der Waals surface area contributed by atoms with Crippen LogP contribution in [0.2, 0.25) is 10.0 Å². The van der Waals surface area contributed by atoms with Gasteiger partial charge >= 0.3 is 0 Å². The summed E-state index contributed by atoms with van der Waals surface area (Å²) in [5, 5.41) is 6.89. The zero-order valence-electron chi connectivity index (χ0n) is 19.3. The van der Waals surface area contributed by atoms with Crippen molar-refractivity contribution in [2.75, 3.05) is 6.61 Å². The molecule has 6 rings (SSSR count). The smallest absolute Gasteiger partial charge is 0.264 e. The number of carbonyl (C=O) groups is 2. The lowest BCUT2D eigenvalue weighted by Crippen LogP contribution is -2.63. The van der Waals surface area contributed by atoms with Crippen molar-refractivity contribution < 1.29 is 23.5 Å². The monoisotopic (exact) mass is 520 g/mol. The average molecular weight is 521 g/mol. The molecule has 0 aromatic heterocycles. The quantitative estimate of drug-likeness (QED) is 0.578. The fourth-order valence-electron chi connectivity index (χ4n) is 5.33. The number of amides is 2. The highest BCUT2D eigenvalue weighted by atomic mass is 35.5. The summed E-state index contributed by atoms with van der Waals surface area (Å²) in [6.45, 7) is 1.60. The van der Waals surface area contributed by atoms with Crippen LogP contribution in [0.1, 0.15) is 38.2 Å². The number of hydrogen-bond donors (Lipinski definition) is 2. The van der Waals surface area contributed by atoms with Gasteiger partial charge in [-0.25, -0.2) is 4.39 Å². The van der Waals surface area contributed by atoms with Gasteiger partial charge in [-0.2, -0.15) is 0 Å². The van der Waals surface area contributed by atoms with E-state index in [1.165, 1.54) is 12.1 Å². The standard InChI is InChI=1S/C26H27Cl2FN2O4/c1-26(7-6-14-10-17(27)2-5-23(14)35-26)25(33)31-22-12-21(15-8-16(22)9-15)30-24(32)13-34-18-3-4-19(28)20(29)11-18/h2-5,10-11,15-16,21-22H,6-9,12-13H2,1H3,(H,30,32)(H,31,33)/t15?,16?,21-,22?,26?/m0/s1. The number of ether oxygens (including phenoxy) is 2. The first kappa shape index (κ1) is 24.2. The maximum absolute atomic E-state index is 13.6. The minimum Gasteiger partial charge on any atom is -0.484 e. The third-order valence-corrected chi connectivity index (χ3v) is 8.03. The minimum atomic E-state index is -0.956. The van der Waals surface area contributed by atoms with Crippen LogP contribution >= 0.6 is 23.2 Å². The highest BCUT2D eigenvalue weighted by Crippen LogP contribution is 2.46. The first-order valence-corrected chi connectivity index (χ1v) is 12.6. The summed E-state index contributed by atoms with van der Waals surface area (Å²) in [5.74, 6) is 0.719. The SMILES string of the molecule is CC1(C(=O)NC2C[C@H](NC(=O)COc3ccc(Cl)c(F)c3)C3CC2C3)CCc2cc(Cl)ccc2O1. The third-order valence-electron chi connectivity index (χ3n) is 7.49. The van der Waals surface area contributed by atoms with Gasteiger partial charge in [-0.15, -0.1) is 0 Å². The van der Waals surface area contributed by atoms with Crippen LogP contribution in [-0.2, 0) is 16.0 Å². The first-order chi connectivity index (χ1) is 16.7. The van der Waals surface area contributed by atoms with Crippen molar-refractivity contribution in [3.05, 3.63) is 57.8 Å². The van der Waals surface area contributed by atoms with Gasteiger partial charge in [-0.1, -0.05) is 23.2 Å². The molecule has 1 heterocycles. The molecule has 3 fully saturated rings. The van der Waals surface area contributed by atoms with E-state index >= 15 is 0 Å². The maximum Gasteiger partial charge on any atom is 0.264 e. The summed E-state index contributed by atoms with van der Waals surface area (Å²) < 4.78 is 25.1. The summed E-state index contributed by atoms with van der Waals surface area (Å²) in [4.78, 5) is 25.8. The molecule has 35 heavy (non-hydrogen) atoms. The highest BCUT2D eigenvalue weighted by molar-refractivity contribution is 6.31. The van der Waals surface area contributed by atoms with Crippen molar-refractivity contribution in [1.82, 2.24) is 10.6 Å². The Bertz CT molecular complexity index is 1160. The maximum atomic E-state index is 13.6. The number of fused-ring (bicyclic) bond motifs is 3. The Balaban J connectivity index is 1.15. The molecule has 9 heteroatoms. The second-order valence-electron chi connectivity index (χ2n) is 9.93. The molecule has 3 aliphatic carbocycles. The van der Waals surface area contributed by atoms with Crippen molar-refractivity contribution in [2.45, 2.75) is 56.7 Å². The number of halogens is 3. The Labute approximate surface area is 213 Å². The molecule has 2 aromatic rings. The van der Waals surface area contributed by atoms with Gasteiger partial charge in [0.15, 0.2) is 12.2 Å². The lowest BCUT2D eigenvalue weighted by Gasteiger charge is -2.52. The molecule has 2 aromatic carbocycles. The zero-order chi connectivity index (χ0) is 24.7. The summed E-state index contributed by atoms with van der Waals surface area (Å²) in [6, 6.07) is 9.43. The van der Waals surface area contributed by atoms with Crippen LogP contribution in [0.25, 0.3) is 0 Å². The molecule has 2 bridgehead atoms. The van der Waals surface area contributed by atoms with E-state index in [0.717, 1.165) is 24.5 Å². The van der Waals surface area contributed by atoms with E-state index in [9.17, 15) is 14.0 Å². The van der Waals surface area contributed by atoms with Crippen LogP contribution in [0.3, 0.4) is 0 Å². The minimum absolute atomic E-state index is 0.00211. The van der Waals surface area contributed by atoms with E-state index in [4.69, 9.17) is 32.7 Å². The van der Waals surface area contributed by atoms with Crippen molar-refractivity contribution in [1.29, 1.82) is 0 Å². The van der Waals surface area contributed by atoms with Crippen LogP contribution in [0.5, 0.6) is 11.5 Å². The normalized spacial score (nSPS) is 28.7. The van der Waals surface area contributed by atoms with E-state index < -0.39 is 11.4 Å². The number of nitrogens with one attached hydrogen (secondary N) is 2. The van der Waals surface area contributed by atoms with Gasteiger partial charge in [0.25, 0.3) is 11.8 Å². The second-order valence-corrected chi connectivity index (χ2v) is 10.8. The molecule has 3 saturated carbocycles. The summed E-state index contributed by atoms with van der Waals surface area (Å²) in [7, 11) is 0. The van der Waals surface area contributed by atoms with E-state index in [1.54, 1.807) is 6.07 Å². The molecule has 4 aliphatic rings.